The Bertz CT molecular complexity index is 464. The first-order valence-corrected chi connectivity index (χ1v) is 7.08. The largest absolute Gasteiger partial charge is 0.338 e. The molecule has 20 heavy (non-hydrogen) atoms. The summed E-state index contributed by atoms with van der Waals surface area (Å²) in [7, 11) is 0. The second-order valence-electron chi connectivity index (χ2n) is 6.40. The maximum Gasteiger partial charge on any atom is 0.240 e. The summed E-state index contributed by atoms with van der Waals surface area (Å²) in [4.78, 5) is 14.2. The van der Waals surface area contributed by atoms with Crippen LogP contribution in [-0.2, 0) is 10.2 Å². The molecule has 6 heteroatoms. The zero-order valence-corrected chi connectivity index (χ0v) is 12.7. The van der Waals surface area contributed by atoms with E-state index in [1.54, 1.807) is 6.07 Å². The number of hydrogen-bond acceptors (Lipinski definition) is 5. The summed E-state index contributed by atoms with van der Waals surface area (Å²) in [5, 5.41) is 10.1. The Hall–Kier alpha value is -1.40. The fourth-order valence-electron chi connectivity index (χ4n) is 2.17. The van der Waals surface area contributed by atoms with Gasteiger partial charge in [-0.2, -0.15) is 0 Å². The second-order valence-corrected chi connectivity index (χ2v) is 6.40. The van der Waals surface area contributed by atoms with E-state index in [4.69, 9.17) is 4.52 Å². The number of anilines is 1. The van der Waals surface area contributed by atoms with Gasteiger partial charge in [0.15, 0.2) is 0 Å². The van der Waals surface area contributed by atoms with Crippen LogP contribution in [0.25, 0.3) is 0 Å². The highest BCUT2D eigenvalue weighted by molar-refractivity contribution is 5.91. The van der Waals surface area contributed by atoms with Gasteiger partial charge in [-0.3, -0.25) is 15.0 Å². The third kappa shape index (κ3) is 3.80. The summed E-state index contributed by atoms with van der Waals surface area (Å²) >= 11 is 0. The molecule has 1 saturated heterocycles. The van der Waals surface area contributed by atoms with Crippen molar-refractivity contribution < 1.29 is 9.32 Å². The molecule has 112 valence electrons. The van der Waals surface area contributed by atoms with Crippen LogP contribution in [0.4, 0.5) is 5.88 Å². The van der Waals surface area contributed by atoms with Crippen molar-refractivity contribution in [3.8, 4) is 0 Å². The van der Waals surface area contributed by atoms with Gasteiger partial charge in [-0.05, 0) is 6.92 Å². The standard InChI is InChI=1S/C14H24N4O2/c1-10-8-15-5-6-18(10)9-12(19)16-13-7-11(17-20-13)14(2,3)4/h7,10,15H,5-6,8-9H2,1-4H3,(H,16,19). The molecule has 0 spiro atoms. The highest BCUT2D eigenvalue weighted by Gasteiger charge is 2.22. The van der Waals surface area contributed by atoms with Crippen molar-refractivity contribution in [3.05, 3.63) is 11.8 Å². The molecule has 1 atom stereocenters. The minimum absolute atomic E-state index is 0.0599. The van der Waals surface area contributed by atoms with Gasteiger partial charge in [0.2, 0.25) is 11.8 Å². The number of hydrogen-bond donors (Lipinski definition) is 2. The first kappa shape index (κ1) is 15.0. The molecule has 0 aromatic carbocycles. The summed E-state index contributed by atoms with van der Waals surface area (Å²) in [6.07, 6.45) is 0. The second kappa shape index (κ2) is 5.93. The molecule has 1 fully saturated rings. The molecule has 2 heterocycles. The Kier molecular flexibility index (Phi) is 4.45. The lowest BCUT2D eigenvalue weighted by Crippen LogP contribution is -2.51. The number of rotatable bonds is 3. The number of carbonyl (C=O) groups excluding carboxylic acids is 1. The lowest BCUT2D eigenvalue weighted by atomic mass is 9.92. The quantitative estimate of drug-likeness (QED) is 0.870. The molecule has 0 aliphatic carbocycles. The van der Waals surface area contributed by atoms with Crippen LogP contribution in [0.5, 0.6) is 0 Å². The predicted molar refractivity (Wildman–Crippen MR) is 77.7 cm³/mol. The van der Waals surface area contributed by atoms with Gasteiger partial charge in [0.05, 0.1) is 12.2 Å². The maximum atomic E-state index is 12.0. The van der Waals surface area contributed by atoms with E-state index in [0.717, 1.165) is 25.3 Å². The Morgan fingerprint density at radius 3 is 2.95 bits per heavy atom. The number of aromatic nitrogens is 1. The molecule has 1 amide bonds. The number of carbonyl (C=O) groups is 1. The smallest absolute Gasteiger partial charge is 0.240 e. The number of piperazine rings is 1. The van der Waals surface area contributed by atoms with E-state index in [2.05, 4.69) is 48.4 Å². The minimum atomic E-state index is -0.0838. The van der Waals surface area contributed by atoms with E-state index in [1.807, 2.05) is 0 Å². The summed E-state index contributed by atoms with van der Waals surface area (Å²) in [5.41, 5.74) is 0.753. The average Bonchev–Trinajstić information content (AvgIpc) is 2.80. The fourth-order valence-corrected chi connectivity index (χ4v) is 2.17. The van der Waals surface area contributed by atoms with Crippen LogP contribution in [-0.4, -0.2) is 48.2 Å². The van der Waals surface area contributed by atoms with Crippen molar-refractivity contribution in [1.82, 2.24) is 15.4 Å². The van der Waals surface area contributed by atoms with E-state index in [0.29, 0.717) is 18.5 Å². The highest BCUT2D eigenvalue weighted by atomic mass is 16.5. The van der Waals surface area contributed by atoms with Crippen molar-refractivity contribution in [2.24, 2.45) is 0 Å². The third-order valence-electron chi connectivity index (χ3n) is 3.53. The summed E-state index contributed by atoms with van der Waals surface area (Å²) < 4.78 is 5.17. The predicted octanol–water partition coefficient (Wildman–Crippen LogP) is 1.20. The van der Waals surface area contributed by atoms with E-state index in [-0.39, 0.29) is 11.3 Å². The topological polar surface area (TPSA) is 70.4 Å². The van der Waals surface area contributed by atoms with Gasteiger partial charge in [0, 0.05) is 37.2 Å². The lowest BCUT2D eigenvalue weighted by Gasteiger charge is -2.33. The molecule has 1 unspecified atom stereocenters. The molecule has 2 rings (SSSR count). The Morgan fingerprint density at radius 2 is 2.35 bits per heavy atom. The fraction of sp³-hybridized carbons (Fsp3) is 0.714. The van der Waals surface area contributed by atoms with Crippen molar-refractivity contribution >= 4 is 11.8 Å². The first-order valence-electron chi connectivity index (χ1n) is 7.08. The Balaban J connectivity index is 1.89. The summed E-state index contributed by atoms with van der Waals surface area (Å²) in [6, 6.07) is 2.16. The number of nitrogens with one attached hydrogen (secondary N) is 2. The van der Waals surface area contributed by atoms with Gasteiger partial charge in [0.1, 0.15) is 0 Å². The number of nitrogens with zero attached hydrogens (tertiary/aromatic N) is 2. The van der Waals surface area contributed by atoms with Crippen LogP contribution < -0.4 is 10.6 Å². The molecule has 1 aromatic rings. The molecule has 0 bridgehead atoms. The van der Waals surface area contributed by atoms with Crippen molar-refractivity contribution in [3.63, 3.8) is 0 Å². The van der Waals surface area contributed by atoms with Crippen molar-refractivity contribution in [2.75, 3.05) is 31.5 Å². The van der Waals surface area contributed by atoms with Gasteiger partial charge < -0.3 is 9.84 Å². The SMILES string of the molecule is CC1CNCCN1CC(=O)Nc1cc(C(C)(C)C)no1. The maximum absolute atomic E-state index is 12.0. The average molecular weight is 280 g/mol. The zero-order chi connectivity index (χ0) is 14.8. The van der Waals surface area contributed by atoms with E-state index in [1.165, 1.54) is 0 Å². The molecule has 1 aliphatic rings. The van der Waals surface area contributed by atoms with E-state index >= 15 is 0 Å². The zero-order valence-electron chi connectivity index (χ0n) is 12.7. The third-order valence-corrected chi connectivity index (χ3v) is 3.53. The highest BCUT2D eigenvalue weighted by Crippen LogP contribution is 2.23. The van der Waals surface area contributed by atoms with E-state index in [9.17, 15) is 4.79 Å². The molecular weight excluding hydrogens is 256 g/mol. The van der Waals surface area contributed by atoms with Gasteiger partial charge in [-0.1, -0.05) is 25.9 Å². The lowest BCUT2D eigenvalue weighted by molar-refractivity contribution is -0.118. The molecule has 0 radical (unpaired) electrons. The minimum Gasteiger partial charge on any atom is -0.338 e. The van der Waals surface area contributed by atoms with Crippen LogP contribution in [0.15, 0.2) is 10.6 Å². The molecule has 2 N–H and O–H groups in total. The van der Waals surface area contributed by atoms with Crippen LogP contribution >= 0.6 is 0 Å². The Labute approximate surface area is 119 Å². The molecular formula is C14H24N4O2. The van der Waals surface area contributed by atoms with E-state index < -0.39 is 0 Å². The molecule has 0 saturated carbocycles. The summed E-state index contributed by atoms with van der Waals surface area (Å²) in [5.74, 6) is 0.359. The van der Waals surface area contributed by atoms with Crippen LogP contribution in [0, 0.1) is 0 Å². The molecule has 1 aromatic heterocycles. The first-order chi connectivity index (χ1) is 9.36. The normalized spacial score (nSPS) is 20.9. The summed E-state index contributed by atoms with van der Waals surface area (Å²) in [6.45, 7) is 11.4. The molecule has 1 aliphatic heterocycles. The molecule has 6 nitrogen and oxygen atoms in total. The monoisotopic (exact) mass is 280 g/mol. The van der Waals surface area contributed by atoms with Crippen LogP contribution in [0.3, 0.4) is 0 Å². The van der Waals surface area contributed by atoms with Gasteiger partial charge in [0.25, 0.3) is 0 Å². The van der Waals surface area contributed by atoms with Crippen LogP contribution in [0.1, 0.15) is 33.4 Å². The van der Waals surface area contributed by atoms with Crippen molar-refractivity contribution in [1.29, 1.82) is 0 Å². The van der Waals surface area contributed by atoms with Gasteiger partial charge in [-0.25, -0.2) is 0 Å². The number of amides is 1. The van der Waals surface area contributed by atoms with Gasteiger partial charge >= 0.3 is 0 Å². The van der Waals surface area contributed by atoms with Gasteiger partial charge in [-0.15, -0.1) is 0 Å². The van der Waals surface area contributed by atoms with Crippen molar-refractivity contribution in [2.45, 2.75) is 39.2 Å². The van der Waals surface area contributed by atoms with Crippen LogP contribution in [0.2, 0.25) is 0 Å². The Morgan fingerprint density at radius 1 is 1.60 bits per heavy atom.